The number of hydrogen-bond donors (Lipinski definition) is 1. The lowest BCUT2D eigenvalue weighted by Gasteiger charge is -2.06. The lowest BCUT2D eigenvalue weighted by molar-refractivity contribution is 0.577. The normalized spacial score (nSPS) is 12.2. The minimum absolute atomic E-state index is 0.0707. The van der Waals surface area contributed by atoms with Gasteiger partial charge in [0.2, 0.25) is 10.0 Å². The molecule has 0 unspecified atom stereocenters. The van der Waals surface area contributed by atoms with Gasteiger partial charge in [-0.2, -0.15) is 0 Å². The molecule has 6 heteroatoms. The van der Waals surface area contributed by atoms with E-state index in [9.17, 15) is 12.8 Å². The summed E-state index contributed by atoms with van der Waals surface area (Å²) in [6.07, 6.45) is 4.30. The van der Waals surface area contributed by atoms with Crippen LogP contribution in [0.4, 0.5) is 4.39 Å². The van der Waals surface area contributed by atoms with Gasteiger partial charge < -0.3 is 0 Å². The molecule has 1 N–H and O–H groups in total. The Labute approximate surface area is 109 Å². The van der Waals surface area contributed by atoms with Gasteiger partial charge in [-0.3, -0.25) is 0 Å². The van der Waals surface area contributed by atoms with Crippen molar-refractivity contribution in [2.75, 3.05) is 6.54 Å². The second-order valence-corrected chi connectivity index (χ2v) is 5.95. The number of rotatable bonds is 5. The lowest BCUT2D eigenvalue weighted by Crippen LogP contribution is -2.24. The van der Waals surface area contributed by atoms with E-state index in [-0.39, 0.29) is 9.37 Å². The number of sulfonamides is 1. The Hall–Kier alpha value is -0.720. The smallest absolute Gasteiger partial charge is 0.211 e. The summed E-state index contributed by atoms with van der Waals surface area (Å²) in [5, 5.41) is 0. The van der Waals surface area contributed by atoms with E-state index in [2.05, 4.69) is 20.7 Å². The molecule has 0 spiro atoms. The van der Waals surface area contributed by atoms with Gasteiger partial charge in [0.1, 0.15) is 5.82 Å². The van der Waals surface area contributed by atoms with Crippen molar-refractivity contribution in [3.05, 3.63) is 40.6 Å². The maximum atomic E-state index is 13.2. The maximum Gasteiger partial charge on any atom is 0.240 e. The summed E-state index contributed by atoms with van der Waals surface area (Å²) in [4.78, 5) is -0.0707. The molecule has 17 heavy (non-hydrogen) atoms. The predicted molar refractivity (Wildman–Crippen MR) is 68.7 cm³/mol. The highest BCUT2D eigenvalue weighted by Crippen LogP contribution is 2.19. The van der Waals surface area contributed by atoms with Crippen molar-refractivity contribution in [1.82, 2.24) is 4.72 Å². The van der Waals surface area contributed by atoms with Gasteiger partial charge in [0.15, 0.2) is 0 Å². The molecule has 0 heterocycles. The first-order chi connectivity index (χ1) is 7.97. The zero-order valence-corrected chi connectivity index (χ0v) is 11.7. The van der Waals surface area contributed by atoms with Gasteiger partial charge in [0, 0.05) is 6.54 Å². The summed E-state index contributed by atoms with van der Waals surface area (Å²) < 4.78 is 39.3. The molecule has 1 rings (SSSR count). The molecule has 1 aromatic rings. The predicted octanol–water partition coefficient (Wildman–Crippen LogP) is 2.83. The van der Waals surface area contributed by atoms with Crippen LogP contribution in [-0.2, 0) is 10.0 Å². The van der Waals surface area contributed by atoms with Crippen LogP contribution in [0.25, 0.3) is 0 Å². The van der Waals surface area contributed by atoms with Crippen molar-refractivity contribution in [1.29, 1.82) is 0 Å². The van der Waals surface area contributed by atoms with Gasteiger partial charge in [0.25, 0.3) is 0 Å². The fourth-order valence-electron chi connectivity index (χ4n) is 1.17. The molecular weight excluding hydrogens is 309 g/mol. The average Bonchev–Trinajstić information content (AvgIpc) is 2.28. The van der Waals surface area contributed by atoms with Crippen molar-refractivity contribution in [3.63, 3.8) is 0 Å². The van der Waals surface area contributed by atoms with Crippen LogP contribution < -0.4 is 4.72 Å². The van der Waals surface area contributed by atoms with E-state index >= 15 is 0 Å². The quantitative estimate of drug-likeness (QED) is 0.669. The Kier molecular flexibility index (Phi) is 5.30. The van der Waals surface area contributed by atoms with Crippen molar-refractivity contribution in [2.45, 2.75) is 18.2 Å². The topological polar surface area (TPSA) is 46.2 Å². The molecule has 1 aromatic carbocycles. The van der Waals surface area contributed by atoms with Crippen LogP contribution >= 0.6 is 15.9 Å². The Balaban J connectivity index is 2.79. The van der Waals surface area contributed by atoms with Gasteiger partial charge >= 0.3 is 0 Å². The third-order valence-electron chi connectivity index (χ3n) is 2.04. The fourth-order valence-corrected chi connectivity index (χ4v) is 2.48. The molecule has 0 saturated carbocycles. The van der Waals surface area contributed by atoms with Gasteiger partial charge in [-0.1, -0.05) is 12.2 Å². The summed E-state index contributed by atoms with van der Waals surface area (Å²) >= 11 is 2.97. The SMILES string of the molecule is C/C=C/CCNS(=O)(=O)c1ccc(Br)c(F)c1. The molecule has 0 radical (unpaired) electrons. The minimum atomic E-state index is -3.62. The molecule has 0 aromatic heterocycles. The maximum absolute atomic E-state index is 13.2. The second-order valence-electron chi connectivity index (χ2n) is 3.33. The van der Waals surface area contributed by atoms with Gasteiger partial charge in [-0.25, -0.2) is 17.5 Å². The molecule has 0 bridgehead atoms. The molecule has 94 valence electrons. The molecule has 0 saturated heterocycles. The molecule has 0 fully saturated rings. The summed E-state index contributed by atoms with van der Waals surface area (Å²) in [7, 11) is -3.62. The summed E-state index contributed by atoms with van der Waals surface area (Å²) in [6.45, 7) is 2.16. The Morgan fingerprint density at radius 2 is 2.18 bits per heavy atom. The third-order valence-corrected chi connectivity index (χ3v) is 4.14. The van der Waals surface area contributed by atoms with E-state index in [1.165, 1.54) is 12.1 Å². The van der Waals surface area contributed by atoms with E-state index in [4.69, 9.17) is 0 Å². The highest BCUT2D eigenvalue weighted by Gasteiger charge is 2.14. The lowest BCUT2D eigenvalue weighted by atomic mass is 10.3. The number of allylic oxidation sites excluding steroid dienone is 1. The van der Waals surface area contributed by atoms with E-state index in [1.807, 2.05) is 19.1 Å². The van der Waals surface area contributed by atoms with Crippen LogP contribution in [0.1, 0.15) is 13.3 Å². The Bertz CT molecular complexity index is 514. The van der Waals surface area contributed by atoms with Gasteiger partial charge in [0.05, 0.1) is 9.37 Å². The summed E-state index contributed by atoms with van der Waals surface area (Å²) in [5.74, 6) is -0.596. The number of hydrogen-bond acceptors (Lipinski definition) is 2. The highest BCUT2D eigenvalue weighted by atomic mass is 79.9. The van der Waals surface area contributed by atoms with Crippen LogP contribution in [-0.4, -0.2) is 15.0 Å². The molecule has 0 aliphatic rings. The number of benzene rings is 1. The van der Waals surface area contributed by atoms with Crippen molar-refractivity contribution >= 4 is 26.0 Å². The van der Waals surface area contributed by atoms with Crippen LogP contribution in [0.2, 0.25) is 0 Å². The summed E-state index contributed by atoms with van der Waals surface area (Å²) in [5.41, 5.74) is 0. The largest absolute Gasteiger partial charge is 0.240 e. The van der Waals surface area contributed by atoms with Crippen molar-refractivity contribution in [2.24, 2.45) is 0 Å². The van der Waals surface area contributed by atoms with Crippen molar-refractivity contribution in [3.8, 4) is 0 Å². The van der Waals surface area contributed by atoms with E-state index in [1.54, 1.807) is 0 Å². The number of nitrogens with one attached hydrogen (secondary N) is 1. The molecule has 0 amide bonds. The molecule has 3 nitrogen and oxygen atoms in total. The average molecular weight is 322 g/mol. The first kappa shape index (κ1) is 14.3. The molecule has 0 aliphatic carbocycles. The Morgan fingerprint density at radius 3 is 2.76 bits per heavy atom. The van der Waals surface area contributed by atoms with Crippen LogP contribution in [0.15, 0.2) is 39.7 Å². The van der Waals surface area contributed by atoms with E-state index in [0.717, 1.165) is 6.07 Å². The third kappa shape index (κ3) is 4.22. The second kappa shape index (κ2) is 6.28. The molecular formula is C11H13BrFNO2S. The van der Waals surface area contributed by atoms with Crippen LogP contribution in [0.5, 0.6) is 0 Å². The van der Waals surface area contributed by atoms with Gasteiger partial charge in [-0.05, 0) is 47.5 Å². The van der Waals surface area contributed by atoms with Crippen molar-refractivity contribution < 1.29 is 12.8 Å². The first-order valence-electron chi connectivity index (χ1n) is 5.03. The van der Waals surface area contributed by atoms with E-state index in [0.29, 0.717) is 13.0 Å². The zero-order chi connectivity index (χ0) is 12.9. The number of halogens is 2. The fraction of sp³-hybridized carbons (Fsp3) is 0.273. The van der Waals surface area contributed by atoms with Crippen LogP contribution in [0.3, 0.4) is 0 Å². The van der Waals surface area contributed by atoms with E-state index < -0.39 is 15.8 Å². The standard InChI is InChI=1S/C11H13BrFNO2S/c1-2-3-4-7-14-17(15,16)9-5-6-10(12)11(13)8-9/h2-3,5-6,8,14H,4,7H2,1H3/b3-2+. The van der Waals surface area contributed by atoms with Crippen LogP contribution in [0, 0.1) is 5.82 Å². The summed E-state index contributed by atoms with van der Waals surface area (Å²) in [6, 6.07) is 3.71. The monoisotopic (exact) mass is 321 g/mol. The Morgan fingerprint density at radius 1 is 1.47 bits per heavy atom. The zero-order valence-electron chi connectivity index (χ0n) is 9.28. The molecule has 0 aliphatic heterocycles. The van der Waals surface area contributed by atoms with Gasteiger partial charge in [-0.15, -0.1) is 0 Å². The molecule has 0 atom stereocenters. The highest BCUT2D eigenvalue weighted by molar-refractivity contribution is 9.10. The first-order valence-corrected chi connectivity index (χ1v) is 7.31. The minimum Gasteiger partial charge on any atom is -0.211 e.